The normalized spacial score (nSPS) is 26.8. The van der Waals surface area contributed by atoms with E-state index in [9.17, 15) is 5.11 Å². The van der Waals surface area contributed by atoms with E-state index in [0.717, 1.165) is 17.7 Å². The molecule has 0 spiro atoms. The molecular weight excluding hydrogens is 358 g/mol. The van der Waals surface area contributed by atoms with Crippen molar-refractivity contribution in [2.24, 2.45) is 5.92 Å². The lowest BCUT2D eigenvalue weighted by Crippen LogP contribution is -2.51. The molecule has 4 rings (SSSR count). The molecule has 29 heavy (non-hydrogen) atoms. The number of methoxy groups -OCH3 is 1. The first-order chi connectivity index (χ1) is 14.2. The van der Waals surface area contributed by atoms with E-state index in [1.54, 1.807) is 7.11 Å². The molecule has 3 aromatic rings. The highest BCUT2D eigenvalue weighted by atomic mass is 16.5. The van der Waals surface area contributed by atoms with Crippen LogP contribution >= 0.6 is 0 Å². The SMILES string of the molecule is CC[C@H]1[C@H](c2ccccc2)N[C@H](c2ccccc2)C[C@]1(O)c1ccccc1OC. The molecule has 0 unspecified atom stereocenters. The molecule has 1 fully saturated rings. The molecule has 0 bridgehead atoms. The van der Waals surface area contributed by atoms with Gasteiger partial charge in [-0.05, 0) is 23.6 Å². The third-order valence-corrected chi connectivity index (χ3v) is 6.29. The Balaban J connectivity index is 1.85. The highest BCUT2D eigenvalue weighted by molar-refractivity contribution is 5.41. The van der Waals surface area contributed by atoms with E-state index < -0.39 is 5.60 Å². The van der Waals surface area contributed by atoms with Gasteiger partial charge < -0.3 is 15.2 Å². The van der Waals surface area contributed by atoms with Crippen LogP contribution in [0.3, 0.4) is 0 Å². The van der Waals surface area contributed by atoms with Gasteiger partial charge in [0.1, 0.15) is 5.75 Å². The third kappa shape index (κ3) is 3.68. The molecular formula is C26H29NO2. The molecule has 2 N–H and O–H groups in total. The van der Waals surface area contributed by atoms with Crippen molar-refractivity contribution < 1.29 is 9.84 Å². The van der Waals surface area contributed by atoms with Crippen LogP contribution < -0.4 is 10.1 Å². The van der Waals surface area contributed by atoms with Gasteiger partial charge in [0, 0.05) is 30.0 Å². The van der Waals surface area contributed by atoms with Crippen LogP contribution in [0.5, 0.6) is 5.75 Å². The number of aliphatic hydroxyl groups is 1. The fourth-order valence-electron chi connectivity index (χ4n) is 4.90. The molecule has 0 aliphatic carbocycles. The Labute approximate surface area is 173 Å². The summed E-state index contributed by atoms with van der Waals surface area (Å²) in [6.07, 6.45) is 1.45. The summed E-state index contributed by atoms with van der Waals surface area (Å²) < 4.78 is 5.66. The zero-order valence-corrected chi connectivity index (χ0v) is 17.1. The van der Waals surface area contributed by atoms with Crippen LogP contribution in [0.25, 0.3) is 0 Å². The van der Waals surface area contributed by atoms with Crippen molar-refractivity contribution in [3.8, 4) is 5.75 Å². The maximum absolute atomic E-state index is 12.3. The number of hydrogen-bond donors (Lipinski definition) is 2. The van der Waals surface area contributed by atoms with Crippen molar-refractivity contribution in [2.45, 2.75) is 37.5 Å². The van der Waals surface area contributed by atoms with Gasteiger partial charge in [-0.25, -0.2) is 0 Å². The van der Waals surface area contributed by atoms with E-state index in [4.69, 9.17) is 4.74 Å². The predicted octanol–water partition coefficient (Wildman–Crippen LogP) is 5.38. The summed E-state index contributed by atoms with van der Waals surface area (Å²) in [5.41, 5.74) is 2.26. The van der Waals surface area contributed by atoms with Gasteiger partial charge in [-0.3, -0.25) is 0 Å². The number of piperidine rings is 1. The Morgan fingerprint density at radius 1 is 0.897 bits per heavy atom. The summed E-state index contributed by atoms with van der Waals surface area (Å²) in [6.45, 7) is 2.16. The molecule has 1 aliphatic rings. The van der Waals surface area contributed by atoms with Crippen LogP contribution in [-0.2, 0) is 5.60 Å². The second-order valence-corrected chi connectivity index (χ2v) is 7.86. The summed E-state index contributed by atoms with van der Waals surface area (Å²) in [5, 5.41) is 16.1. The summed E-state index contributed by atoms with van der Waals surface area (Å²) >= 11 is 0. The van der Waals surface area contributed by atoms with Crippen LogP contribution in [0.15, 0.2) is 84.9 Å². The molecule has 1 saturated heterocycles. The Hall–Kier alpha value is -2.62. The lowest BCUT2D eigenvalue weighted by molar-refractivity contribution is -0.0842. The fraction of sp³-hybridized carbons (Fsp3) is 0.308. The van der Waals surface area contributed by atoms with E-state index in [2.05, 4.69) is 60.8 Å². The van der Waals surface area contributed by atoms with E-state index >= 15 is 0 Å². The maximum atomic E-state index is 12.3. The Morgan fingerprint density at radius 2 is 1.48 bits per heavy atom. The second-order valence-electron chi connectivity index (χ2n) is 7.86. The maximum Gasteiger partial charge on any atom is 0.124 e. The lowest BCUT2D eigenvalue weighted by atomic mass is 9.67. The van der Waals surface area contributed by atoms with Crippen molar-refractivity contribution in [1.29, 1.82) is 0 Å². The molecule has 1 heterocycles. The van der Waals surface area contributed by atoms with E-state index in [1.165, 1.54) is 11.1 Å². The van der Waals surface area contributed by atoms with E-state index in [0.29, 0.717) is 6.42 Å². The van der Waals surface area contributed by atoms with Gasteiger partial charge in [-0.15, -0.1) is 0 Å². The van der Waals surface area contributed by atoms with Gasteiger partial charge in [0.15, 0.2) is 0 Å². The highest BCUT2D eigenvalue weighted by Gasteiger charge is 2.49. The molecule has 150 valence electrons. The molecule has 3 nitrogen and oxygen atoms in total. The summed E-state index contributed by atoms with van der Waals surface area (Å²) in [7, 11) is 1.67. The first-order valence-corrected chi connectivity index (χ1v) is 10.4. The molecule has 0 saturated carbocycles. The first-order valence-electron chi connectivity index (χ1n) is 10.4. The Kier molecular flexibility index (Phi) is 5.70. The second kappa shape index (κ2) is 8.40. The minimum atomic E-state index is -1.01. The van der Waals surface area contributed by atoms with Gasteiger partial charge >= 0.3 is 0 Å². The van der Waals surface area contributed by atoms with Crippen molar-refractivity contribution in [2.75, 3.05) is 7.11 Å². The van der Waals surface area contributed by atoms with Crippen LogP contribution in [-0.4, -0.2) is 12.2 Å². The minimum Gasteiger partial charge on any atom is -0.496 e. The van der Waals surface area contributed by atoms with Crippen molar-refractivity contribution >= 4 is 0 Å². The third-order valence-electron chi connectivity index (χ3n) is 6.29. The molecule has 1 aliphatic heterocycles. The minimum absolute atomic E-state index is 0.0150. The quantitative estimate of drug-likeness (QED) is 0.617. The topological polar surface area (TPSA) is 41.5 Å². The van der Waals surface area contributed by atoms with Crippen molar-refractivity contribution in [3.63, 3.8) is 0 Å². The summed E-state index contributed by atoms with van der Waals surface area (Å²) in [5.74, 6) is 0.759. The van der Waals surface area contributed by atoms with Crippen LogP contribution in [0.2, 0.25) is 0 Å². The zero-order valence-electron chi connectivity index (χ0n) is 17.1. The van der Waals surface area contributed by atoms with E-state index in [1.807, 2.05) is 36.4 Å². The molecule has 0 radical (unpaired) electrons. The largest absolute Gasteiger partial charge is 0.496 e. The molecule has 0 amide bonds. The Bertz CT molecular complexity index is 928. The van der Waals surface area contributed by atoms with Crippen LogP contribution in [0, 0.1) is 5.92 Å². The highest BCUT2D eigenvalue weighted by Crippen LogP contribution is 2.51. The lowest BCUT2D eigenvalue weighted by Gasteiger charge is -2.49. The van der Waals surface area contributed by atoms with Crippen LogP contribution in [0.1, 0.15) is 48.5 Å². The first kappa shape index (κ1) is 19.7. The number of rotatable bonds is 5. The molecule has 3 aromatic carbocycles. The Morgan fingerprint density at radius 3 is 2.10 bits per heavy atom. The van der Waals surface area contributed by atoms with Gasteiger partial charge in [0.2, 0.25) is 0 Å². The summed E-state index contributed by atoms with van der Waals surface area (Å²) in [6, 6.07) is 28.9. The number of nitrogens with one attached hydrogen (secondary N) is 1. The van der Waals surface area contributed by atoms with Crippen molar-refractivity contribution in [1.82, 2.24) is 5.32 Å². The smallest absolute Gasteiger partial charge is 0.124 e. The average Bonchev–Trinajstić information content (AvgIpc) is 2.79. The van der Waals surface area contributed by atoms with Gasteiger partial charge in [-0.1, -0.05) is 85.8 Å². The molecule has 3 heteroatoms. The average molecular weight is 388 g/mol. The molecule has 0 aromatic heterocycles. The standard InChI is InChI=1S/C26H29NO2/c1-3-21-25(20-14-8-5-9-15-20)27-23(19-12-6-4-7-13-19)18-26(21,28)22-16-10-11-17-24(22)29-2/h4-17,21,23,25,27-28H,3,18H2,1-2H3/t21-,23-,25-,26+/m0/s1. The number of hydrogen-bond acceptors (Lipinski definition) is 3. The fourth-order valence-corrected chi connectivity index (χ4v) is 4.90. The zero-order chi connectivity index (χ0) is 20.3. The monoisotopic (exact) mass is 387 g/mol. The number of ether oxygens (including phenoxy) is 1. The number of para-hydroxylation sites is 1. The van der Waals surface area contributed by atoms with E-state index in [-0.39, 0.29) is 18.0 Å². The van der Waals surface area contributed by atoms with Gasteiger partial charge in [0.05, 0.1) is 12.7 Å². The predicted molar refractivity (Wildman–Crippen MR) is 117 cm³/mol. The van der Waals surface area contributed by atoms with Crippen molar-refractivity contribution in [3.05, 3.63) is 102 Å². The molecule has 4 atom stereocenters. The van der Waals surface area contributed by atoms with Crippen LogP contribution in [0.4, 0.5) is 0 Å². The summed E-state index contributed by atoms with van der Waals surface area (Å²) in [4.78, 5) is 0. The van der Waals surface area contributed by atoms with Gasteiger partial charge in [0.25, 0.3) is 0 Å². The number of benzene rings is 3. The van der Waals surface area contributed by atoms with Gasteiger partial charge in [-0.2, -0.15) is 0 Å².